The minimum absolute atomic E-state index is 0.213. The summed E-state index contributed by atoms with van der Waals surface area (Å²) in [6.07, 6.45) is 4.54. The Morgan fingerprint density at radius 2 is 1.50 bits per heavy atom. The van der Waals surface area contributed by atoms with Crippen LogP contribution in [0.4, 0.5) is 4.39 Å². The minimum Gasteiger partial charge on any atom is -0.382 e. The number of hydrogen-bond donors (Lipinski definition) is 0. The minimum atomic E-state index is -0.213. The summed E-state index contributed by atoms with van der Waals surface area (Å²) in [4.78, 5) is 0. The van der Waals surface area contributed by atoms with Gasteiger partial charge in [0.1, 0.15) is 12.6 Å². The molecule has 3 nitrogen and oxygen atoms in total. The Morgan fingerprint density at radius 1 is 0.844 bits per heavy atom. The van der Waals surface area contributed by atoms with Gasteiger partial charge in [-0.25, -0.2) is 4.39 Å². The van der Waals surface area contributed by atoms with Crippen molar-refractivity contribution in [1.82, 2.24) is 0 Å². The molecule has 178 valence electrons. The van der Waals surface area contributed by atoms with Gasteiger partial charge in [-0.2, -0.15) is 0 Å². The van der Waals surface area contributed by atoms with Gasteiger partial charge in [0.25, 0.3) is 0 Å². The van der Waals surface area contributed by atoms with Crippen LogP contribution in [0.5, 0.6) is 0 Å². The van der Waals surface area contributed by atoms with Gasteiger partial charge in [-0.1, -0.05) is 65.7 Å². The van der Waals surface area contributed by atoms with Crippen molar-refractivity contribution in [2.24, 2.45) is 0 Å². The average molecular weight is 445 g/mol. The summed E-state index contributed by atoms with van der Waals surface area (Å²) in [5, 5.41) is 0. The van der Waals surface area contributed by atoms with E-state index in [-0.39, 0.29) is 12.6 Å². The topological polar surface area (TPSA) is 27.7 Å². The molecule has 0 bridgehead atoms. The Morgan fingerprint density at radius 3 is 2.09 bits per heavy atom. The first-order valence-corrected chi connectivity index (χ1v) is 12.0. The van der Waals surface area contributed by atoms with Crippen LogP contribution in [0.15, 0.2) is 30.3 Å². The van der Waals surface area contributed by atoms with E-state index < -0.39 is 0 Å². The second kappa shape index (κ2) is 13.7. The molecule has 0 amide bonds. The number of unbranched alkanes of at least 4 members (excludes halogenated alkanes) is 2. The number of rotatable bonds is 14. The van der Waals surface area contributed by atoms with E-state index in [0.717, 1.165) is 18.4 Å². The summed E-state index contributed by atoms with van der Waals surface area (Å²) in [5.74, 6) is 0.551. The maximum atomic E-state index is 13.8. The third-order valence-corrected chi connectivity index (χ3v) is 5.86. The highest BCUT2D eigenvalue weighted by Gasteiger charge is 2.22. The van der Waals surface area contributed by atoms with Crippen LogP contribution in [0, 0.1) is 5.82 Å². The highest BCUT2D eigenvalue weighted by atomic mass is 19.1. The van der Waals surface area contributed by atoms with Gasteiger partial charge >= 0.3 is 0 Å². The summed E-state index contributed by atoms with van der Waals surface area (Å²) in [6, 6.07) is 9.30. The lowest BCUT2D eigenvalue weighted by Gasteiger charge is -2.26. The molecule has 4 heteroatoms. The molecule has 0 aliphatic rings. The molecule has 0 radical (unpaired) electrons. The molecule has 0 aromatic heterocycles. The van der Waals surface area contributed by atoms with Crippen LogP contribution in [-0.2, 0) is 27.2 Å². The predicted octanol–water partition coefficient (Wildman–Crippen LogP) is 7.61. The molecule has 0 unspecified atom stereocenters. The van der Waals surface area contributed by atoms with E-state index >= 15 is 0 Å². The summed E-state index contributed by atoms with van der Waals surface area (Å²) in [7, 11) is 1.66. The molecule has 2 rings (SSSR count). The molecule has 2 aromatic rings. The van der Waals surface area contributed by atoms with Gasteiger partial charge in [-0.05, 0) is 70.2 Å². The fourth-order valence-electron chi connectivity index (χ4n) is 4.19. The van der Waals surface area contributed by atoms with E-state index in [1.165, 1.54) is 40.7 Å². The molecular formula is C28H41FO3. The number of ether oxygens (including phenoxy) is 3. The first-order chi connectivity index (χ1) is 15.4. The standard InChI is InChI=1S/C28H41FO3/c1-7-8-9-10-24-25(20(2)3)17-26(21(4)5)27(18-32-19-31-16-15-30-6)28(24)22-11-13-23(29)14-12-22/h11-14,17,20-21H,7-10,15-16,18-19H2,1-6H3. The van der Waals surface area contributed by atoms with E-state index in [4.69, 9.17) is 14.2 Å². The second-order valence-electron chi connectivity index (χ2n) is 9.03. The molecule has 2 aromatic carbocycles. The van der Waals surface area contributed by atoms with Crippen molar-refractivity contribution in [3.05, 3.63) is 58.4 Å². The number of halogens is 1. The first-order valence-electron chi connectivity index (χ1n) is 12.0. The zero-order chi connectivity index (χ0) is 23.5. The lowest BCUT2D eigenvalue weighted by molar-refractivity contribution is -0.0725. The summed E-state index contributed by atoms with van der Waals surface area (Å²) in [5.41, 5.74) is 7.53. The van der Waals surface area contributed by atoms with E-state index in [0.29, 0.717) is 31.7 Å². The van der Waals surface area contributed by atoms with Gasteiger partial charge in [-0.3, -0.25) is 0 Å². The zero-order valence-corrected chi connectivity index (χ0v) is 20.8. The van der Waals surface area contributed by atoms with Crippen LogP contribution in [0.3, 0.4) is 0 Å². The molecule has 0 fully saturated rings. The lowest BCUT2D eigenvalue weighted by atomic mass is 9.80. The highest BCUT2D eigenvalue weighted by molar-refractivity contribution is 5.74. The maximum absolute atomic E-state index is 13.8. The van der Waals surface area contributed by atoms with Crippen molar-refractivity contribution in [2.75, 3.05) is 27.1 Å². The zero-order valence-electron chi connectivity index (χ0n) is 20.8. The fraction of sp³-hybridized carbons (Fsp3) is 0.571. The summed E-state index contributed by atoms with van der Waals surface area (Å²) in [6.45, 7) is 12.9. The van der Waals surface area contributed by atoms with Crippen LogP contribution >= 0.6 is 0 Å². The lowest BCUT2D eigenvalue weighted by Crippen LogP contribution is -2.11. The van der Waals surface area contributed by atoms with Crippen molar-refractivity contribution in [2.45, 2.75) is 78.7 Å². The molecule has 0 saturated heterocycles. The molecule has 0 heterocycles. The number of methoxy groups -OCH3 is 1. The van der Waals surface area contributed by atoms with Crippen LogP contribution in [0.25, 0.3) is 11.1 Å². The maximum Gasteiger partial charge on any atom is 0.147 e. The molecule has 0 N–H and O–H groups in total. The largest absolute Gasteiger partial charge is 0.382 e. The van der Waals surface area contributed by atoms with E-state index in [1.54, 1.807) is 19.2 Å². The molecule has 0 aliphatic carbocycles. The van der Waals surface area contributed by atoms with Crippen LogP contribution in [0.1, 0.15) is 88.0 Å². The Kier molecular flexibility index (Phi) is 11.4. The molecular weight excluding hydrogens is 403 g/mol. The van der Waals surface area contributed by atoms with Gasteiger partial charge in [0, 0.05) is 7.11 Å². The number of benzene rings is 2. The van der Waals surface area contributed by atoms with Gasteiger partial charge < -0.3 is 14.2 Å². The molecule has 0 atom stereocenters. The van der Waals surface area contributed by atoms with Crippen molar-refractivity contribution in [1.29, 1.82) is 0 Å². The third kappa shape index (κ3) is 7.40. The quantitative estimate of drug-likeness (QED) is 0.222. The molecule has 0 spiro atoms. The SMILES string of the molecule is CCCCCc1c(C(C)C)cc(C(C)C)c(COCOCCOC)c1-c1ccc(F)cc1. The Bertz CT molecular complexity index is 812. The highest BCUT2D eigenvalue weighted by Crippen LogP contribution is 2.39. The van der Waals surface area contributed by atoms with Crippen molar-refractivity contribution in [3.63, 3.8) is 0 Å². The molecule has 0 aliphatic heterocycles. The van der Waals surface area contributed by atoms with Gasteiger partial charge in [0.05, 0.1) is 19.8 Å². The summed E-state index contributed by atoms with van der Waals surface area (Å²) < 4.78 is 30.3. The van der Waals surface area contributed by atoms with Crippen LogP contribution in [0.2, 0.25) is 0 Å². The Labute approximate surface area is 194 Å². The van der Waals surface area contributed by atoms with Gasteiger partial charge in [0.15, 0.2) is 0 Å². The Balaban J connectivity index is 2.57. The van der Waals surface area contributed by atoms with Crippen molar-refractivity contribution < 1.29 is 18.6 Å². The van der Waals surface area contributed by atoms with E-state index in [2.05, 4.69) is 40.7 Å². The predicted molar refractivity (Wildman–Crippen MR) is 131 cm³/mol. The van der Waals surface area contributed by atoms with Crippen LogP contribution in [-0.4, -0.2) is 27.1 Å². The number of hydrogen-bond acceptors (Lipinski definition) is 3. The van der Waals surface area contributed by atoms with E-state index in [1.807, 2.05) is 12.1 Å². The smallest absolute Gasteiger partial charge is 0.147 e. The Hall–Kier alpha value is -1.75. The van der Waals surface area contributed by atoms with E-state index in [9.17, 15) is 4.39 Å². The van der Waals surface area contributed by atoms with Crippen molar-refractivity contribution >= 4 is 0 Å². The normalized spacial score (nSPS) is 11.7. The second-order valence-corrected chi connectivity index (χ2v) is 9.03. The first kappa shape index (κ1) is 26.5. The van der Waals surface area contributed by atoms with Gasteiger partial charge in [0.2, 0.25) is 0 Å². The monoisotopic (exact) mass is 444 g/mol. The average Bonchev–Trinajstić information content (AvgIpc) is 2.76. The summed E-state index contributed by atoms with van der Waals surface area (Å²) >= 11 is 0. The molecule has 32 heavy (non-hydrogen) atoms. The fourth-order valence-corrected chi connectivity index (χ4v) is 4.19. The van der Waals surface area contributed by atoms with Gasteiger partial charge in [-0.15, -0.1) is 0 Å². The van der Waals surface area contributed by atoms with Crippen LogP contribution < -0.4 is 0 Å². The third-order valence-electron chi connectivity index (χ3n) is 5.86. The van der Waals surface area contributed by atoms with Crippen molar-refractivity contribution in [3.8, 4) is 11.1 Å². The molecule has 0 saturated carbocycles.